The second-order valence-corrected chi connectivity index (χ2v) is 9.22. The van der Waals surface area contributed by atoms with Gasteiger partial charge in [-0.15, -0.1) is 11.3 Å². The van der Waals surface area contributed by atoms with Crippen LogP contribution in [-0.2, 0) is 6.42 Å². The van der Waals surface area contributed by atoms with Crippen LogP contribution in [0.15, 0.2) is 48.7 Å². The van der Waals surface area contributed by atoms with E-state index in [2.05, 4.69) is 27.4 Å². The topological polar surface area (TPSA) is 62.8 Å². The number of imidazole rings is 1. The number of halogens is 1. The molecule has 31 heavy (non-hydrogen) atoms. The first-order valence-electron chi connectivity index (χ1n) is 10.3. The molecular weight excluding hydrogens is 428 g/mol. The van der Waals surface area contributed by atoms with Crippen molar-refractivity contribution >= 4 is 33.8 Å². The van der Waals surface area contributed by atoms with Gasteiger partial charge in [-0.25, -0.2) is 9.97 Å². The molecule has 5 nitrogen and oxygen atoms in total. The van der Waals surface area contributed by atoms with E-state index in [1.54, 1.807) is 18.4 Å². The minimum Gasteiger partial charge on any atom is -0.496 e. The number of H-pyrrole nitrogens is 1. The molecule has 0 fully saturated rings. The number of ether oxygens (including phenoxy) is 1. The highest BCUT2D eigenvalue weighted by Gasteiger charge is 2.27. The maximum atomic E-state index is 6.50. The van der Waals surface area contributed by atoms with Crippen LogP contribution in [0.5, 0.6) is 5.75 Å². The lowest BCUT2D eigenvalue weighted by molar-refractivity contribution is 0.416. The number of aromatic nitrogens is 3. The lowest BCUT2D eigenvalue weighted by Gasteiger charge is -2.22. The molecule has 0 aliphatic heterocycles. The summed E-state index contributed by atoms with van der Waals surface area (Å²) in [6.45, 7) is 1.96. The summed E-state index contributed by atoms with van der Waals surface area (Å²) in [4.78, 5) is 14.0. The minimum atomic E-state index is 0.253. The van der Waals surface area contributed by atoms with Gasteiger partial charge in [-0.3, -0.25) is 0 Å². The van der Waals surface area contributed by atoms with Gasteiger partial charge >= 0.3 is 0 Å². The van der Waals surface area contributed by atoms with Crippen LogP contribution in [0.3, 0.4) is 0 Å². The van der Waals surface area contributed by atoms with Gasteiger partial charge in [0.15, 0.2) is 5.13 Å². The predicted octanol–water partition coefficient (Wildman–Crippen LogP) is 6.72. The van der Waals surface area contributed by atoms with Crippen molar-refractivity contribution in [2.45, 2.75) is 32.1 Å². The van der Waals surface area contributed by atoms with Gasteiger partial charge in [0.1, 0.15) is 11.6 Å². The fraction of sp³-hybridized carbons (Fsp3) is 0.250. The van der Waals surface area contributed by atoms with E-state index in [0.717, 1.165) is 63.6 Å². The minimum absolute atomic E-state index is 0.253. The Morgan fingerprint density at radius 1 is 1.19 bits per heavy atom. The number of aromatic amines is 1. The van der Waals surface area contributed by atoms with Gasteiger partial charge in [0.2, 0.25) is 0 Å². The number of thiazole rings is 1. The third-order valence-electron chi connectivity index (χ3n) is 5.65. The van der Waals surface area contributed by atoms with Crippen LogP contribution in [0.4, 0.5) is 10.8 Å². The highest BCUT2D eigenvalue weighted by atomic mass is 35.5. The third kappa shape index (κ3) is 3.93. The molecule has 2 heterocycles. The molecule has 2 N–H and O–H groups in total. The van der Waals surface area contributed by atoms with E-state index in [4.69, 9.17) is 21.3 Å². The second kappa shape index (κ2) is 8.36. The van der Waals surface area contributed by atoms with E-state index in [9.17, 15) is 0 Å². The Kier molecular flexibility index (Phi) is 5.42. The van der Waals surface area contributed by atoms with Crippen molar-refractivity contribution in [3.63, 3.8) is 0 Å². The number of hydrogen-bond acceptors (Lipinski definition) is 5. The number of benzene rings is 2. The zero-order chi connectivity index (χ0) is 21.4. The summed E-state index contributed by atoms with van der Waals surface area (Å²) in [6, 6.07) is 14.1. The predicted molar refractivity (Wildman–Crippen MR) is 127 cm³/mol. The van der Waals surface area contributed by atoms with Gasteiger partial charge in [-0.05, 0) is 49.9 Å². The van der Waals surface area contributed by atoms with Gasteiger partial charge in [-0.2, -0.15) is 0 Å². The smallest absolute Gasteiger partial charge is 0.187 e. The molecule has 5 rings (SSSR count). The summed E-state index contributed by atoms with van der Waals surface area (Å²) in [5, 5.41) is 5.18. The summed E-state index contributed by atoms with van der Waals surface area (Å²) in [5.74, 6) is 1.81. The molecule has 0 bridgehead atoms. The first kappa shape index (κ1) is 20.1. The number of nitrogens with zero attached hydrogens (tertiary/aromatic N) is 2. The molecule has 0 amide bonds. The van der Waals surface area contributed by atoms with Crippen LogP contribution in [0.2, 0.25) is 5.02 Å². The van der Waals surface area contributed by atoms with Gasteiger partial charge < -0.3 is 15.0 Å². The highest BCUT2D eigenvalue weighted by Crippen LogP contribution is 2.43. The molecular formula is C24H23ClN4OS. The summed E-state index contributed by atoms with van der Waals surface area (Å²) in [7, 11) is 1.68. The largest absolute Gasteiger partial charge is 0.496 e. The Labute approximate surface area is 190 Å². The third-order valence-corrected chi connectivity index (χ3v) is 7.04. The van der Waals surface area contributed by atoms with E-state index in [1.807, 2.05) is 43.5 Å². The standard InChI is InChI=1S/C24H23ClN4OS/c1-14-13-26-23(27-14)18-11-10-15(12-20(18)30-2)28-24-29-22-17(7-5-9-21(22)31-24)16-6-3-4-8-19(16)25/h3-4,6,8,10-13,17H,5,7,9H2,1-2H3,(H,26,27)(H,28,29). The molecule has 0 saturated carbocycles. The highest BCUT2D eigenvalue weighted by molar-refractivity contribution is 7.15. The molecule has 1 unspecified atom stereocenters. The maximum Gasteiger partial charge on any atom is 0.187 e. The van der Waals surface area contributed by atoms with Crippen LogP contribution in [0.25, 0.3) is 11.4 Å². The summed E-state index contributed by atoms with van der Waals surface area (Å²) < 4.78 is 5.63. The fourth-order valence-electron chi connectivity index (χ4n) is 4.17. The van der Waals surface area contributed by atoms with Crippen LogP contribution in [0, 0.1) is 6.92 Å². The van der Waals surface area contributed by atoms with E-state index >= 15 is 0 Å². The first-order chi connectivity index (χ1) is 15.1. The quantitative estimate of drug-likeness (QED) is 0.354. The fourth-order valence-corrected chi connectivity index (χ4v) is 5.52. The molecule has 0 spiro atoms. The lowest BCUT2D eigenvalue weighted by Crippen LogP contribution is -2.10. The van der Waals surface area contributed by atoms with E-state index in [-0.39, 0.29) is 5.92 Å². The zero-order valence-corrected chi connectivity index (χ0v) is 19.0. The maximum absolute atomic E-state index is 6.50. The molecule has 2 aromatic heterocycles. The van der Waals surface area contributed by atoms with E-state index < -0.39 is 0 Å². The van der Waals surface area contributed by atoms with Gasteiger partial charge in [0.05, 0.1) is 24.1 Å². The Morgan fingerprint density at radius 2 is 2.06 bits per heavy atom. The molecule has 158 valence electrons. The van der Waals surface area contributed by atoms with Gasteiger partial charge in [0, 0.05) is 33.8 Å². The molecule has 4 aromatic rings. The molecule has 1 aliphatic rings. The molecule has 1 aliphatic carbocycles. The van der Waals surface area contributed by atoms with Crippen molar-refractivity contribution in [2.75, 3.05) is 12.4 Å². The van der Waals surface area contributed by atoms with Crippen molar-refractivity contribution in [1.82, 2.24) is 15.0 Å². The molecule has 7 heteroatoms. The molecule has 0 radical (unpaired) electrons. The van der Waals surface area contributed by atoms with E-state index in [1.165, 1.54) is 10.4 Å². The Hall–Kier alpha value is -2.83. The average molecular weight is 451 g/mol. The van der Waals surface area contributed by atoms with Gasteiger partial charge in [-0.1, -0.05) is 29.8 Å². The van der Waals surface area contributed by atoms with Crippen molar-refractivity contribution in [2.24, 2.45) is 0 Å². The Morgan fingerprint density at radius 3 is 2.84 bits per heavy atom. The number of methoxy groups -OCH3 is 1. The summed E-state index contributed by atoms with van der Waals surface area (Å²) in [6.07, 6.45) is 5.17. The number of rotatable bonds is 5. The normalized spacial score (nSPS) is 15.5. The van der Waals surface area contributed by atoms with Crippen molar-refractivity contribution in [3.05, 3.63) is 75.5 Å². The number of anilines is 2. The number of hydrogen-bond donors (Lipinski definition) is 2. The van der Waals surface area contributed by atoms with Crippen LogP contribution in [-0.4, -0.2) is 22.1 Å². The Bertz CT molecular complexity index is 1230. The number of fused-ring (bicyclic) bond motifs is 1. The first-order valence-corrected chi connectivity index (χ1v) is 11.5. The summed E-state index contributed by atoms with van der Waals surface area (Å²) in [5.41, 5.74) is 5.13. The molecule has 0 saturated heterocycles. The Balaban J connectivity index is 1.43. The SMILES string of the molecule is COc1cc(Nc2nc3c(s2)CCCC3c2ccccc2Cl)ccc1-c1nc(C)c[nH]1. The number of nitrogens with one attached hydrogen (secondary N) is 2. The number of aryl methyl sites for hydroxylation is 2. The van der Waals surface area contributed by atoms with Crippen molar-refractivity contribution in [3.8, 4) is 17.1 Å². The van der Waals surface area contributed by atoms with Crippen LogP contribution in [0.1, 0.15) is 40.6 Å². The van der Waals surface area contributed by atoms with Crippen molar-refractivity contribution < 1.29 is 4.74 Å². The monoisotopic (exact) mass is 450 g/mol. The van der Waals surface area contributed by atoms with Crippen molar-refractivity contribution in [1.29, 1.82) is 0 Å². The molecule has 2 aromatic carbocycles. The van der Waals surface area contributed by atoms with Crippen LogP contribution >= 0.6 is 22.9 Å². The zero-order valence-electron chi connectivity index (χ0n) is 17.4. The second-order valence-electron chi connectivity index (χ2n) is 7.72. The van der Waals surface area contributed by atoms with E-state index in [0.29, 0.717) is 0 Å². The summed E-state index contributed by atoms with van der Waals surface area (Å²) >= 11 is 8.23. The van der Waals surface area contributed by atoms with Crippen LogP contribution < -0.4 is 10.1 Å². The molecule has 1 atom stereocenters. The van der Waals surface area contributed by atoms with Gasteiger partial charge in [0.25, 0.3) is 0 Å². The average Bonchev–Trinajstić information content (AvgIpc) is 3.39. The lowest BCUT2D eigenvalue weighted by atomic mass is 9.85.